The molecular weight excluding hydrogens is 466 g/mol. The van der Waals surface area contributed by atoms with Crippen molar-refractivity contribution < 1.29 is 4.79 Å². The largest absolute Gasteiger partial charge is 0.381 e. The number of nitrogens with two attached hydrogens (primary N) is 1. The van der Waals surface area contributed by atoms with Crippen LogP contribution < -0.4 is 21.9 Å². The Morgan fingerprint density at radius 3 is 2.68 bits per heavy atom. The number of nitrogens with one attached hydrogen (secondary N) is 2. The summed E-state index contributed by atoms with van der Waals surface area (Å²) in [5.74, 6) is 7.02. The first-order chi connectivity index (χ1) is 17.8. The fraction of sp³-hybridized carbons (Fsp3) is 0.214. The number of hydrogen-bond acceptors (Lipinski definition) is 6. The van der Waals surface area contributed by atoms with Crippen LogP contribution in [0.1, 0.15) is 48.6 Å². The van der Waals surface area contributed by atoms with E-state index < -0.39 is 11.9 Å². The van der Waals surface area contributed by atoms with E-state index in [1.165, 1.54) is 9.25 Å². The fourth-order valence-electron chi connectivity index (χ4n) is 4.29. The lowest BCUT2D eigenvalue weighted by molar-refractivity contribution is 0.0939. The van der Waals surface area contributed by atoms with Gasteiger partial charge in [-0.2, -0.15) is 0 Å². The van der Waals surface area contributed by atoms with Gasteiger partial charge in [0.05, 0.1) is 22.6 Å². The molecule has 1 aliphatic heterocycles. The summed E-state index contributed by atoms with van der Waals surface area (Å²) in [6, 6.07) is 14.0. The lowest BCUT2D eigenvalue weighted by Gasteiger charge is -2.20. The average molecular weight is 494 g/mol. The van der Waals surface area contributed by atoms with Gasteiger partial charge in [0.25, 0.3) is 11.5 Å². The molecule has 9 nitrogen and oxygen atoms in total. The van der Waals surface area contributed by atoms with Crippen LogP contribution >= 0.6 is 0 Å². The highest BCUT2D eigenvalue weighted by atomic mass is 16.2. The minimum atomic E-state index is -0.635. The van der Waals surface area contributed by atoms with E-state index in [4.69, 9.17) is 10.7 Å². The third-order valence-corrected chi connectivity index (χ3v) is 5.97. The van der Waals surface area contributed by atoms with E-state index in [-0.39, 0.29) is 22.9 Å². The molecular formula is C28H27N7O2. The fourth-order valence-corrected chi connectivity index (χ4v) is 4.29. The molecule has 4 N–H and O–H groups in total. The lowest BCUT2D eigenvalue weighted by Crippen LogP contribution is -2.34. The topological polar surface area (TPSA) is 120 Å². The minimum Gasteiger partial charge on any atom is -0.381 e. The maximum atomic E-state index is 14.0. The molecule has 9 heteroatoms. The number of fused-ring (bicyclic) bond motifs is 2. The molecule has 0 aliphatic carbocycles. The Morgan fingerprint density at radius 1 is 1.14 bits per heavy atom. The Bertz CT molecular complexity index is 1650. The number of nitrogen functional groups attached to an aromatic ring is 1. The number of benzene rings is 2. The molecule has 2 aromatic carbocycles. The van der Waals surface area contributed by atoms with Crippen molar-refractivity contribution in [3.63, 3.8) is 0 Å². The zero-order chi connectivity index (χ0) is 26.1. The predicted molar refractivity (Wildman–Crippen MR) is 145 cm³/mol. The molecule has 1 aliphatic rings. The Hall–Kier alpha value is -4.84. The van der Waals surface area contributed by atoms with E-state index in [0.717, 1.165) is 0 Å². The highest BCUT2D eigenvalue weighted by Gasteiger charge is 2.26. The number of nitrogens with zero attached hydrogens (tertiary/aromatic N) is 4. The van der Waals surface area contributed by atoms with Crippen LogP contribution in [0.2, 0.25) is 0 Å². The molecule has 186 valence electrons. The summed E-state index contributed by atoms with van der Waals surface area (Å²) in [6.07, 6.45) is 3.63. The number of para-hydroxylation sites is 1. The van der Waals surface area contributed by atoms with E-state index in [2.05, 4.69) is 27.6 Å². The van der Waals surface area contributed by atoms with Crippen molar-refractivity contribution in [1.29, 1.82) is 0 Å². The molecule has 4 aromatic rings. The van der Waals surface area contributed by atoms with E-state index in [9.17, 15) is 9.59 Å². The Kier molecular flexibility index (Phi) is 6.24. The number of carbonyl (C=O) groups excluding carboxylic acids is 1. The van der Waals surface area contributed by atoms with Crippen LogP contribution in [0.25, 0.3) is 22.8 Å². The summed E-state index contributed by atoms with van der Waals surface area (Å²) in [5, 5.41) is 10.7. The summed E-state index contributed by atoms with van der Waals surface area (Å²) < 4.78 is 3.07. The maximum Gasteiger partial charge on any atom is 0.267 e. The van der Waals surface area contributed by atoms with Crippen LogP contribution in [-0.4, -0.2) is 31.8 Å². The Morgan fingerprint density at radius 2 is 1.92 bits per heavy atom. The van der Waals surface area contributed by atoms with Gasteiger partial charge in [-0.25, -0.2) is 9.67 Å². The molecule has 1 atom stereocenters. The maximum absolute atomic E-state index is 14.0. The zero-order valence-corrected chi connectivity index (χ0v) is 20.8. The molecule has 0 fully saturated rings. The monoisotopic (exact) mass is 493 g/mol. The molecule has 0 radical (unpaired) electrons. The third kappa shape index (κ3) is 4.45. The highest BCUT2D eigenvalue weighted by Crippen LogP contribution is 2.26. The SMILES string of the molecule is CC(C)C#Cc1cccc2nc(C(C)NC(=O)c3c(N)nn4c3NCC=C4)n(-c3ccccc3)c(=O)c12. The van der Waals surface area contributed by atoms with Crippen LogP contribution in [0.5, 0.6) is 0 Å². The third-order valence-electron chi connectivity index (χ3n) is 5.97. The minimum absolute atomic E-state index is 0.110. The molecule has 0 bridgehead atoms. The van der Waals surface area contributed by atoms with E-state index in [0.29, 0.717) is 40.3 Å². The van der Waals surface area contributed by atoms with Crippen LogP contribution in [0.4, 0.5) is 11.6 Å². The first kappa shape index (κ1) is 23.9. The molecule has 3 heterocycles. The van der Waals surface area contributed by atoms with Gasteiger partial charge in [-0.1, -0.05) is 50.0 Å². The van der Waals surface area contributed by atoms with Crippen molar-refractivity contribution in [1.82, 2.24) is 24.6 Å². The molecule has 0 spiro atoms. The van der Waals surface area contributed by atoms with Crippen LogP contribution in [0.15, 0.2) is 59.4 Å². The first-order valence-corrected chi connectivity index (χ1v) is 12.1. The lowest BCUT2D eigenvalue weighted by atomic mass is 10.1. The van der Waals surface area contributed by atoms with Crippen molar-refractivity contribution >= 4 is 34.6 Å². The van der Waals surface area contributed by atoms with Crippen LogP contribution in [-0.2, 0) is 0 Å². The molecule has 5 rings (SSSR count). The standard InChI is InChI=1S/C28H27N7O2/c1-17(2)13-14-19-9-7-12-21-22(19)28(37)35(20-10-5-4-6-11-20)25(32-21)18(3)31-27(36)23-24(29)33-34-16-8-15-30-26(23)34/h4-12,16-18,30H,15H2,1-3H3,(H2,29,33)(H,31,36). The summed E-state index contributed by atoms with van der Waals surface area (Å²) in [7, 11) is 0. The van der Waals surface area contributed by atoms with Gasteiger partial charge in [0.15, 0.2) is 5.82 Å². The number of anilines is 2. The Balaban J connectivity index is 1.63. The number of rotatable bonds is 4. The van der Waals surface area contributed by atoms with Crippen molar-refractivity contribution in [2.75, 3.05) is 17.6 Å². The highest BCUT2D eigenvalue weighted by molar-refractivity contribution is 6.04. The number of aromatic nitrogens is 4. The summed E-state index contributed by atoms with van der Waals surface area (Å²) in [6.45, 7) is 6.34. The van der Waals surface area contributed by atoms with Crippen molar-refractivity contribution in [2.45, 2.75) is 26.8 Å². The smallest absolute Gasteiger partial charge is 0.267 e. The van der Waals surface area contributed by atoms with Gasteiger partial charge >= 0.3 is 0 Å². The Labute approximate surface area is 214 Å². The van der Waals surface area contributed by atoms with Crippen LogP contribution in [0, 0.1) is 17.8 Å². The van der Waals surface area contributed by atoms with E-state index in [1.54, 1.807) is 19.2 Å². The molecule has 1 unspecified atom stereocenters. The second-order valence-corrected chi connectivity index (χ2v) is 9.08. The van der Waals surface area contributed by atoms with Gasteiger partial charge in [0, 0.05) is 24.2 Å². The van der Waals surface area contributed by atoms with Crippen LogP contribution in [0.3, 0.4) is 0 Å². The number of amides is 1. The number of hydrogen-bond donors (Lipinski definition) is 3. The predicted octanol–water partition coefficient (Wildman–Crippen LogP) is 3.56. The molecule has 0 saturated heterocycles. The zero-order valence-electron chi connectivity index (χ0n) is 20.8. The summed E-state index contributed by atoms with van der Waals surface area (Å²) in [4.78, 5) is 32.2. The first-order valence-electron chi connectivity index (χ1n) is 12.1. The average Bonchev–Trinajstić information content (AvgIpc) is 3.23. The van der Waals surface area contributed by atoms with Crippen molar-refractivity contribution in [3.8, 4) is 17.5 Å². The van der Waals surface area contributed by atoms with Gasteiger partial charge in [-0.15, -0.1) is 5.10 Å². The molecule has 1 amide bonds. The molecule has 2 aromatic heterocycles. The van der Waals surface area contributed by atoms with E-state index in [1.807, 2.05) is 62.4 Å². The van der Waals surface area contributed by atoms with Gasteiger partial charge < -0.3 is 16.4 Å². The van der Waals surface area contributed by atoms with Gasteiger partial charge in [-0.3, -0.25) is 14.2 Å². The van der Waals surface area contributed by atoms with Gasteiger partial charge in [0.2, 0.25) is 0 Å². The second-order valence-electron chi connectivity index (χ2n) is 9.08. The van der Waals surface area contributed by atoms with Crippen molar-refractivity contribution in [2.24, 2.45) is 5.92 Å². The normalized spacial score (nSPS) is 13.0. The summed E-state index contributed by atoms with van der Waals surface area (Å²) in [5.41, 5.74) is 7.83. The number of carbonyl (C=O) groups is 1. The van der Waals surface area contributed by atoms with Gasteiger partial charge in [0.1, 0.15) is 17.2 Å². The van der Waals surface area contributed by atoms with Crippen molar-refractivity contribution in [3.05, 3.63) is 81.9 Å². The van der Waals surface area contributed by atoms with Gasteiger partial charge in [-0.05, 0) is 37.3 Å². The molecule has 0 saturated carbocycles. The van der Waals surface area contributed by atoms with E-state index >= 15 is 0 Å². The summed E-state index contributed by atoms with van der Waals surface area (Å²) >= 11 is 0. The molecule has 37 heavy (non-hydrogen) atoms. The second kappa shape index (κ2) is 9.66. The quantitative estimate of drug-likeness (QED) is 0.374.